The lowest BCUT2D eigenvalue weighted by atomic mass is 9.85. The molecule has 0 amide bonds. The van der Waals surface area contributed by atoms with Gasteiger partial charge in [0.1, 0.15) is 11.2 Å². The van der Waals surface area contributed by atoms with Crippen molar-refractivity contribution in [3.8, 4) is 33.9 Å². The second-order valence-corrected chi connectivity index (χ2v) is 14.3. The van der Waals surface area contributed by atoms with E-state index in [2.05, 4.69) is 138 Å². The SMILES string of the molecule is C1=CC(c2nc(-c3ccccc3)nc(-c3ccc4c(c3)oc3ccc(N5c6ccccc6C6=Cc7cc(-c8ccccc8)ccc7CC65)cc34)n2)=CCC1. The molecule has 0 bridgehead atoms. The van der Waals surface area contributed by atoms with E-state index in [1.54, 1.807) is 0 Å². The number of hydrogen-bond donors (Lipinski definition) is 0. The number of rotatable bonds is 5. The van der Waals surface area contributed by atoms with Crippen LogP contribution >= 0.6 is 0 Å². The van der Waals surface area contributed by atoms with Crippen LogP contribution in [-0.4, -0.2) is 21.0 Å². The number of benzene rings is 6. The van der Waals surface area contributed by atoms with Gasteiger partial charge in [-0.25, -0.2) is 15.0 Å². The highest BCUT2D eigenvalue weighted by atomic mass is 16.3. The van der Waals surface area contributed by atoms with Crippen molar-refractivity contribution < 1.29 is 4.42 Å². The molecule has 54 heavy (non-hydrogen) atoms. The van der Waals surface area contributed by atoms with Crippen LogP contribution in [0.4, 0.5) is 11.4 Å². The largest absolute Gasteiger partial charge is 0.456 e. The molecule has 0 N–H and O–H groups in total. The first-order chi connectivity index (χ1) is 26.7. The van der Waals surface area contributed by atoms with Crippen LogP contribution in [0.5, 0.6) is 0 Å². The van der Waals surface area contributed by atoms with E-state index in [1.807, 2.05) is 30.3 Å². The Kier molecular flexibility index (Phi) is 7.05. The van der Waals surface area contributed by atoms with Crippen molar-refractivity contribution in [2.24, 2.45) is 0 Å². The maximum atomic E-state index is 6.54. The van der Waals surface area contributed by atoms with Crippen LogP contribution in [0.2, 0.25) is 0 Å². The summed E-state index contributed by atoms with van der Waals surface area (Å²) in [6.45, 7) is 0. The first-order valence-electron chi connectivity index (χ1n) is 18.7. The molecular weight excluding hydrogens is 661 g/mol. The number of hydrogen-bond acceptors (Lipinski definition) is 5. The highest BCUT2D eigenvalue weighted by Gasteiger charge is 2.37. The first kappa shape index (κ1) is 30.7. The number of aromatic nitrogens is 3. The highest BCUT2D eigenvalue weighted by molar-refractivity contribution is 6.08. The fourth-order valence-corrected chi connectivity index (χ4v) is 8.39. The zero-order valence-corrected chi connectivity index (χ0v) is 29.5. The molecule has 0 fully saturated rings. The normalized spacial score (nSPS) is 15.9. The lowest BCUT2D eigenvalue weighted by molar-refractivity contribution is 0.669. The van der Waals surface area contributed by atoms with E-state index in [1.165, 1.54) is 39.1 Å². The number of para-hydroxylation sites is 1. The van der Waals surface area contributed by atoms with Crippen molar-refractivity contribution in [2.75, 3.05) is 4.90 Å². The minimum absolute atomic E-state index is 0.200. The van der Waals surface area contributed by atoms with Gasteiger partial charge in [0.15, 0.2) is 17.5 Å². The van der Waals surface area contributed by atoms with Gasteiger partial charge in [0, 0.05) is 44.4 Å². The molecule has 0 saturated carbocycles. The van der Waals surface area contributed by atoms with E-state index in [4.69, 9.17) is 19.4 Å². The minimum atomic E-state index is 0.200. The van der Waals surface area contributed by atoms with E-state index < -0.39 is 0 Å². The van der Waals surface area contributed by atoms with Crippen LogP contribution in [0.3, 0.4) is 0 Å². The van der Waals surface area contributed by atoms with Gasteiger partial charge in [-0.3, -0.25) is 0 Å². The lowest BCUT2D eigenvalue weighted by Crippen LogP contribution is -2.30. The van der Waals surface area contributed by atoms with Gasteiger partial charge in [0.25, 0.3) is 0 Å². The second-order valence-electron chi connectivity index (χ2n) is 14.3. The van der Waals surface area contributed by atoms with Crippen molar-refractivity contribution in [2.45, 2.75) is 25.3 Å². The predicted octanol–water partition coefficient (Wildman–Crippen LogP) is 12.1. The van der Waals surface area contributed by atoms with Crippen molar-refractivity contribution in [1.29, 1.82) is 0 Å². The van der Waals surface area contributed by atoms with Gasteiger partial charge in [0.2, 0.25) is 0 Å². The summed E-state index contributed by atoms with van der Waals surface area (Å²) in [6, 6.07) is 49.7. The molecule has 0 saturated heterocycles. The smallest absolute Gasteiger partial charge is 0.164 e. The Morgan fingerprint density at radius 1 is 0.574 bits per heavy atom. The van der Waals surface area contributed by atoms with Crippen molar-refractivity contribution >= 4 is 50.5 Å². The van der Waals surface area contributed by atoms with Gasteiger partial charge in [0.05, 0.1) is 6.04 Å². The minimum Gasteiger partial charge on any atom is -0.456 e. The van der Waals surface area contributed by atoms with Crippen LogP contribution in [0.25, 0.3) is 73.1 Å². The summed E-state index contributed by atoms with van der Waals surface area (Å²) in [5.41, 5.74) is 14.8. The molecule has 6 aromatic carbocycles. The number of fused-ring (bicyclic) bond motifs is 7. The maximum Gasteiger partial charge on any atom is 0.164 e. The molecule has 11 rings (SSSR count). The molecule has 0 spiro atoms. The average Bonchev–Trinajstić information content (AvgIpc) is 3.77. The third kappa shape index (κ3) is 5.12. The monoisotopic (exact) mass is 694 g/mol. The summed E-state index contributed by atoms with van der Waals surface area (Å²) in [4.78, 5) is 17.4. The van der Waals surface area contributed by atoms with Crippen LogP contribution in [0, 0.1) is 0 Å². The van der Waals surface area contributed by atoms with Gasteiger partial charge >= 0.3 is 0 Å². The van der Waals surface area contributed by atoms with Crippen molar-refractivity contribution in [3.05, 3.63) is 180 Å². The molecule has 1 atom stereocenters. The van der Waals surface area contributed by atoms with Gasteiger partial charge in [-0.05, 0) is 95.6 Å². The van der Waals surface area contributed by atoms with E-state index in [0.29, 0.717) is 17.5 Å². The Hall–Kier alpha value is -6.85. The van der Waals surface area contributed by atoms with Crippen molar-refractivity contribution in [3.63, 3.8) is 0 Å². The average molecular weight is 695 g/mol. The number of allylic oxidation sites excluding steroid dienone is 4. The third-order valence-electron chi connectivity index (χ3n) is 11.0. The maximum absolute atomic E-state index is 6.54. The molecule has 256 valence electrons. The summed E-state index contributed by atoms with van der Waals surface area (Å²) < 4.78 is 6.54. The van der Waals surface area contributed by atoms with E-state index in [0.717, 1.165) is 63.6 Å². The third-order valence-corrected chi connectivity index (χ3v) is 11.0. The summed E-state index contributed by atoms with van der Waals surface area (Å²) >= 11 is 0. The molecule has 3 aliphatic rings. The number of anilines is 2. The standard InChI is InChI=1S/C49H34N4O/c1-4-12-31(13-5-1)34-20-21-35-28-44-41(27-37(35)26-34)39-18-10-11-19-43(39)53(44)38-23-25-45-42(30-38)40-24-22-36(29-46(40)54-45)49-51-47(32-14-6-2-7-15-32)50-48(52-49)33-16-8-3-9-17-33/h1-2,4-8,10-27,29-30,44H,3,9,28H2. The molecule has 5 heteroatoms. The molecule has 3 heterocycles. The fraction of sp³-hybridized carbons (Fsp3) is 0.0816. The van der Waals surface area contributed by atoms with Gasteiger partial charge in [-0.15, -0.1) is 0 Å². The van der Waals surface area contributed by atoms with Crippen LogP contribution in [0.1, 0.15) is 35.4 Å². The zero-order chi connectivity index (χ0) is 35.6. The lowest BCUT2D eigenvalue weighted by Gasteiger charge is -2.31. The molecular formula is C49H34N4O. The first-order valence-corrected chi connectivity index (χ1v) is 18.7. The van der Waals surface area contributed by atoms with Gasteiger partial charge < -0.3 is 9.32 Å². The fourth-order valence-electron chi connectivity index (χ4n) is 8.39. The summed E-state index contributed by atoms with van der Waals surface area (Å²) in [6.07, 6.45) is 11.9. The summed E-state index contributed by atoms with van der Waals surface area (Å²) in [5.74, 6) is 1.97. The zero-order valence-electron chi connectivity index (χ0n) is 29.5. The quantitative estimate of drug-likeness (QED) is 0.179. The molecule has 1 aliphatic heterocycles. The molecule has 8 aromatic rings. The molecule has 0 radical (unpaired) electrons. The molecule has 5 nitrogen and oxygen atoms in total. The van der Waals surface area contributed by atoms with E-state index in [9.17, 15) is 0 Å². The number of furan rings is 1. The Labute approximate surface area is 313 Å². The van der Waals surface area contributed by atoms with E-state index >= 15 is 0 Å². The molecule has 2 aromatic heterocycles. The topological polar surface area (TPSA) is 55.1 Å². The molecule has 1 unspecified atom stereocenters. The van der Waals surface area contributed by atoms with Crippen LogP contribution in [-0.2, 0) is 6.42 Å². The van der Waals surface area contributed by atoms with Crippen molar-refractivity contribution in [1.82, 2.24) is 15.0 Å². The van der Waals surface area contributed by atoms with Crippen LogP contribution < -0.4 is 4.90 Å². The Morgan fingerprint density at radius 2 is 1.33 bits per heavy atom. The Morgan fingerprint density at radius 3 is 2.17 bits per heavy atom. The summed E-state index contributed by atoms with van der Waals surface area (Å²) in [7, 11) is 0. The summed E-state index contributed by atoms with van der Waals surface area (Å²) in [5, 5.41) is 2.16. The van der Waals surface area contributed by atoms with Crippen LogP contribution in [0.15, 0.2) is 162 Å². The Bertz CT molecular complexity index is 2870. The molecule has 2 aliphatic carbocycles. The number of nitrogens with zero attached hydrogens (tertiary/aromatic N) is 4. The predicted molar refractivity (Wildman–Crippen MR) is 220 cm³/mol. The van der Waals surface area contributed by atoms with Gasteiger partial charge in [-0.2, -0.15) is 0 Å². The van der Waals surface area contributed by atoms with Gasteiger partial charge in [-0.1, -0.05) is 115 Å². The Balaban J connectivity index is 0.981. The highest BCUT2D eigenvalue weighted by Crippen LogP contribution is 2.50. The van der Waals surface area contributed by atoms with E-state index in [-0.39, 0.29) is 6.04 Å². The second kappa shape index (κ2) is 12.4.